The molecule has 0 aliphatic heterocycles. The fraction of sp³-hybridized carbons (Fsp3) is 0.167. The minimum atomic E-state index is -0.0598. The molecule has 134 valence electrons. The van der Waals surface area contributed by atoms with Crippen molar-refractivity contribution in [1.82, 2.24) is 10.2 Å². The van der Waals surface area contributed by atoms with Gasteiger partial charge in [0.15, 0.2) is 4.34 Å². The van der Waals surface area contributed by atoms with E-state index in [2.05, 4.69) is 27.8 Å². The van der Waals surface area contributed by atoms with Crippen molar-refractivity contribution >= 4 is 57.1 Å². The molecule has 0 unspecified atom stereocenters. The molecule has 0 aliphatic rings. The van der Waals surface area contributed by atoms with Crippen LogP contribution in [0.2, 0.25) is 5.02 Å². The largest absolute Gasteiger partial charge is 0.330 e. The minimum absolute atomic E-state index is 0.0598. The van der Waals surface area contributed by atoms with Crippen molar-refractivity contribution in [3.63, 3.8) is 0 Å². The molecule has 8 heteroatoms. The molecule has 1 amide bonds. The molecule has 2 N–H and O–H groups in total. The highest BCUT2D eigenvalue weighted by molar-refractivity contribution is 8.01. The van der Waals surface area contributed by atoms with E-state index in [9.17, 15) is 4.79 Å². The Hall–Kier alpha value is -2.09. The van der Waals surface area contributed by atoms with Gasteiger partial charge in [0.2, 0.25) is 11.0 Å². The average Bonchev–Trinajstić information content (AvgIpc) is 3.08. The number of anilines is 3. The van der Waals surface area contributed by atoms with Crippen LogP contribution in [0.25, 0.3) is 0 Å². The number of para-hydroxylation sites is 1. The zero-order valence-electron chi connectivity index (χ0n) is 14.0. The summed E-state index contributed by atoms with van der Waals surface area (Å²) in [6, 6.07) is 15.2. The molecule has 0 radical (unpaired) electrons. The number of nitrogens with one attached hydrogen (secondary N) is 2. The molecule has 0 atom stereocenters. The van der Waals surface area contributed by atoms with Crippen LogP contribution in [-0.4, -0.2) is 21.9 Å². The number of hydrogen-bond donors (Lipinski definition) is 2. The number of aromatic nitrogens is 2. The van der Waals surface area contributed by atoms with Gasteiger partial charge in [-0.1, -0.05) is 65.9 Å². The summed E-state index contributed by atoms with van der Waals surface area (Å²) in [7, 11) is 0. The van der Waals surface area contributed by atoms with Gasteiger partial charge >= 0.3 is 0 Å². The van der Waals surface area contributed by atoms with Crippen LogP contribution in [0.5, 0.6) is 0 Å². The number of rotatable bonds is 7. The smallest absolute Gasteiger partial charge is 0.234 e. The monoisotopic (exact) mass is 404 g/mol. The molecule has 0 spiro atoms. The molecule has 3 rings (SSSR count). The van der Waals surface area contributed by atoms with Crippen LogP contribution in [0.1, 0.15) is 12.5 Å². The third-order valence-electron chi connectivity index (χ3n) is 3.48. The van der Waals surface area contributed by atoms with Gasteiger partial charge in [0.25, 0.3) is 0 Å². The average molecular weight is 405 g/mol. The Labute approximate surface area is 165 Å². The molecule has 2 aromatic carbocycles. The second-order valence-corrected chi connectivity index (χ2v) is 7.99. The number of thioether (sulfide) groups is 1. The number of carbonyl (C=O) groups excluding carboxylic acids is 1. The van der Waals surface area contributed by atoms with Crippen LogP contribution in [0.4, 0.5) is 16.5 Å². The van der Waals surface area contributed by atoms with Gasteiger partial charge in [-0.2, -0.15) is 0 Å². The first-order valence-corrected chi connectivity index (χ1v) is 10.2. The topological polar surface area (TPSA) is 66.9 Å². The van der Waals surface area contributed by atoms with Gasteiger partial charge in [0, 0.05) is 16.4 Å². The maximum Gasteiger partial charge on any atom is 0.234 e. The highest BCUT2D eigenvalue weighted by atomic mass is 35.5. The van der Waals surface area contributed by atoms with Crippen molar-refractivity contribution in [3.05, 3.63) is 59.1 Å². The molecule has 0 bridgehead atoms. The van der Waals surface area contributed by atoms with E-state index >= 15 is 0 Å². The van der Waals surface area contributed by atoms with Gasteiger partial charge in [-0.05, 0) is 36.2 Å². The number of carbonyl (C=O) groups is 1. The molecular formula is C18H17ClN4OS2. The van der Waals surface area contributed by atoms with E-state index in [1.54, 1.807) is 0 Å². The highest BCUT2D eigenvalue weighted by Crippen LogP contribution is 2.28. The summed E-state index contributed by atoms with van der Waals surface area (Å²) in [5, 5.41) is 15.6. The van der Waals surface area contributed by atoms with Crippen LogP contribution >= 0.6 is 34.7 Å². The summed E-state index contributed by atoms with van der Waals surface area (Å²) in [5.41, 5.74) is 2.83. The van der Waals surface area contributed by atoms with Gasteiger partial charge in [0.05, 0.1) is 5.75 Å². The summed E-state index contributed by atoms with van der Waals surface area (Å²) < 4.78 is 0.730. The van der Waals surface area contributed by atoms with Crippen LogP contribution < -0.4 is 10.6 Å². The molecule has 26 heavy (non-hydrogen) atoms. The number of halogens is 1. The fourth-order valence-electron chi connectivity index (χ4n) is 2.27. The van der Waals surface area contributed by atoms with Crippen LogP contribution in [0.15, 0.2) is 52.9 Å². The standard InChI is InChI=1S/C18H17ClN4OS2/c1-2-12-6-3-4-9-15(12)21-16(24)11-25-18-23-22-17(26-18)20-14-8-5-7-13(19)10-14/h3-10H,2,11H2,1H3,(H,20,22)(H,21,24). The van der Waals surface area contributed by atoms with Gasteiger partial charge in [-0.15, -0.1) is 10.2 Å². The lowest BCUT2D eigenvalue weighted by atomic mass is 10.1. The summed E-state index contributed by atoms with van der Waals surface area (Å²) in [4.78, 5) is 12.2. The first-order chi connectivity index (χ1) is 12.6. The van der Waals surface area contributed by atoms with Crippen LogP contribution in [-0.2, 0) is 11.2 Å². The van der Waals surface area contributed by atoms with Crippen molar-refractivity contribution in [2.24, 2.45) is 0 Å². The predicted molar refractivity (Wildman–Crippen MR) is 110 cm³/mol. The zero-order valence-corrected chi connectivity index (χ0v) is 16.4. The van der Waals surface area contributed by atoms with E-state index in [4.69, 9.17) is 11.6 Å². The van der Waals surface area contributed by atoms with E-state index in [0.717, 1.165) is 27.7 Å². The summed E-state index contributed by atoms with van der Waals surface area (Å²) in [6.45, 7) is 2.06. The normalized spacial score (nSPS) is 10.5. The molecule has 0 saturated heterocycles. The fourth-order valence-corrected chi connectivity index (χ4v) is 4.03. The number of benzene rings is 2. The second kappa shape index (κ2) is 9.02. The van der Waals surface area contributed by atoms with Crippen molar-refractivity contribution < 1.29 is 4.79 Å². The van der Waals surface area contributed by atoms with Crippen molar-refractivity contribution in [1.29, 1.82) is 0 Å². The molecule has 0 fully saturated rings. The SMILES string of the molecule is CCc1ccccc1NC(=O)CSc1nnc(Nc2cccc(Cl)c2)s1. The first-order valence-electron chi connectivity index (χ1n) is 8.00. The second-order valence-electron chi connectivity index (χ2n) is 5.36. The van der Waals surface area contributed by atoms with E-state index in [1.807, 2.05) is 48.5 Å². The van der Waals surface area contributed by atoms with Gasteiger partial charge in [-0.3, -0.25) is 4.79 Å². The van der Waals surface area contributed by atoms with E-state index < -0.39 is 0 Å². The number of aryl methyl sites for hydroxylation is 1. The summed E-state index contributed by atoms with van der Waals surface area (Å²) in [6.07, 6.45) is 0.874. The third kappa shape index (κ3) is 5.20. The number of hydrogen-bond acceptors (Lipinski definition) is 6. The van der Waals surface area contributed by atoms with E-state index in [1.165, 1.54) is 23.1 Å². The van der Waals surface area contributed by atoms with Gasteiger partial charge < -0.3 is 10.6 Å². The highest BCUT2D eigenvalue weighted by Gasteiger charge is 2.10. The Morgan fingerprint density at radius 1 is 1.19 bits per heavy atom. The Balaban J connectivity index is 1.53. The molecular weight excluding hydrogens is 388 g/mol. The Bertz CT molecular complexity index is 900. The van der Waals surface area contributed by atoms with E-state index in [-0.39, 0.29) is 11.7 Å². The molecule has 1 heterocycles. The maximum atomic E-state index is 12.2. The maximum absolute atomic E-state index is 12.2. The van der Waals surface area contributed by atoms with Crippen LogP contribution in [0.3, 0.4) is 0 Å². The Kier molecular flexibility index (Phi) is 6.49. The molecule has 0 aliphatic carbocycles. The molecule has 1 aromatic heterocycles. The summed E-state index contributed by atoms with van der Waals surface area (Å²) in [5.74, 6) is 0.222. The van der Waals surface area contributed by atoms with Gasteiger partial charge in [0.1, 0.15) is 0 Å². The van der Waals surface area contributed by atoms with Crippen LogP contribution in [0, 0.1) is 0 Å². The Morgan fingerprint density at radius 2 is 2.04 bits per heavy atom. The number of amides is 1. The molecule has 3 aromatic rings. The first kappa shape index (κ1) is 18.7. The van der Waals surface area contributed by atoms with Crippen molar-refractivity contribution in [3.8, 4) is 0 Å². The Morgan fingerprint density at radius 3 is 2.85 bits per heavy atom. The lowest BCUT2D eigenvalue weighted by molar-refractivity contribution is -0.113. The lowest BCUT2D eigenvalue weighted by Gasteiger charge is -2.08. The zero-order chi connectivity index (χ0) is 18.4. The summed E-state index contributed by atoms with van der Waals surface area (Å²) >= 11 is 8.73. The van der Waals surface area contributed by atoms with Crippen molar-refractivity contribution in [2.75, 3.05) is 16.4 Å². The van der Waals surface area contributed by atoms with Crippen molar-refractivity contribution in [2.45, 2.75) is 17.7 Å². The number of nitrogens with zero attached hydrogens (tertiary/aromatic N) is 2. The van der Waals surface area contributed by atoms with E-state index in [0.29, 0.717) is 10.2 Å². The predicted octanol–water partition coefficient (Wildman–Crippen LogP) is 5.23. The van der Waals surface area contributed by atoms with Gasteiger partial charge in [-0.25, -0.2) is 0 Å². The molecule has 5 nitrogen and oxygen atoms in total. The minimum Gasteiger partial charge on any atom is -0.330 e. The molecule has 0 saturated carbocycles. The quantitative estimate of drug-likeness (QED) is 0.528. The third-order valence-corrected chi connectivity index (χ3v) is 5.69. The lowest BCUT2D eigenvalue weighted by Crippen LogP contribution is -2.15.